The lowest BCUT2D eigenvalue weighted by Gasteiger charge is -2.37. The summed E-state index contributed by atoms with van der Waals surface area (Å²) in [6, 6.07) is 1.72. The molecular formula is C19H19F6N7O2. The lowest BCUT2D eigenvalue weighted by atomic mass is 9.92. The first-order valence-electron chi connectivity index (χ1n) is 10.5. The van der Waals surface area contributed by atoms with Gasteiger partial charge in [-0.05, 0) is 43.7 Å². The quantitative estimate of drug-likeness (QED) is 0.540. The molecule has 1 aliphatic carbocycles. The van der Waals surface area contributed by atoms with E-state index in [9.17, 15) is 26.3 Å². The summed E-state index contributed by atoms with van der Waals surface area (Å²) in [5.74, 6) is 0.176. The second-order valence-corrected chi connectivity index (χ2v) is 8.45. The molecule has 1 aliphatic heterocycles. The van der Waals surface area contributed by atoms with Crippen molar-refractivity contribution in [1.82, 2.24) is 24.7 Å². The lowest BCUT2D eigenvalue weighted by molar-refractivity contribution is -0.153. The lowest BCUT2D eigenvalue weighted by Crippen LogP contribution is -2.48. The number of nitrogens with zero attached hydrogens (tertiary/aromatic N) is 6. The summed E-state index contributed by atoms with van der Waals surface area (Å²) in [5.41, 5.74) is -1.63. The Bertz CT molecular complexity index is 1180. The number of aromatic nitrogens is 5. The number of anilines is 2. The van der Waals surface area contributed by atoms with Crippen molar-refractivity contribution in [3.05, 3.63) is 23.7 Å². The Labute approximate surface area is 188 Å². The topological polar surface area (TPSA) is 93.6 Å². The molecule has 0 unspecified atom stereocenters. The van der Waals surface area contributed by atoms with E-state index in [0.29, 0.717) is 35.5 Å². The van der Waals surface area contributed by atoms with Gasteiger partial charge in [0.15, 0.2) is 23.8 Å². The van der Waals surface area contributed by atoms with Crippen LogP contribution in [0.15, 0.2) is 16.7 Å². The Kier molecular flexibility index (Phi) is 5.24. The first-order chi connectivity index (χ1) is 16.0. The van der Waals surface area contributed by atoms with Crippen molar-refractivity contribution in [1.29, 1.82) is 0 Å². The predicted octanol–water partition coefficient (Wildman–Crippen LogP) is 3.71. The average molecular weight is 491 g/mol. The van der Waals surface area contributed by atoms with Crippen molar-refractivity contribution in [3.63, 3.8) is 0 Å². The summed E-state index contributed by atoms with van der Waals surface area (Å²) in [6.07, 6.45) is -7.72. The third kappa shape index (κ3) is 4.30. The summed E-state index contributed by atoms with van der Waals surface area (Å²) < 4.78 is 88.6. The molecule has 1 N–H and O–H groups in total. The number of piperidine rings is 1. The Balaban J connectivity index is 1.41. The number of fused-ring (bicyclic) bond motifs is 3. The molecule has 5 rings (SSSR count). The van der Waals surface area contributed by atoms with Gasteiger partial charge >= 0.3 is 18.4 Å². The van der Waals surface area contributed by atoms with E-state index in [4.69, 9.17) is 9.26 Å². The summed E-state index contributed by atoms with van der Waals surface area (Å²) in [5, 5.41) is 10.8. The van der Waals surface area contributed by atoms with Gasteiger partial charge in [0, 0.05) is 19.1 Å². The molecule has 0 spiro atoms. The highest BCUT2D eigenvalue weighted by Gasteiger charge is 2.44. The highest BCUT2D eigenvalue weighted by atomic mass is 19.4. The second kappa shape index (κ2) is 7.91. The molecule has 3 aromatic heterocycles. The third-order valence-corrected chi connectivity index (χ3v) is 6.05. The summed E-state index contributed by atoms with van der Waals surface area (Å²) in [7, 11) is 0. The van der Waals surface area contributed by atoms with Gasteiger partial charge in [0.25, 0.3) is 0 Å². The largest absolute Gasteiger partial charge is 0.480 e. The van der Waals surface area contributed by atoms with Gasteiger partial charge in [-0.1, -0.05) is 5.16 Å². The van der Waals surface area contributed by atoms with Crippen molar-refractivity contribution in [3.8, 4) is 5.75 Å². The van der Waals surface area contributed by atoms with E-state index in [0.717, 1.165) is 18.9 Å². The molecule has 2 bridgehead atoms. The SMILES string of the molecule is Cc1noc(N2C[C@H]3CC[C@@H](C2)[C@@H]3Nc2nc3c(OCC(F)(F)F)ccc(C(F)(F)F)n3n2)n1. The van der Waals surface area contributed by atoms with Crippen molar-refractivity contribution < 1.29 is 35.6 Å². The summed E-state index contributed by atoms with van der Waals surface area (Å²) >= 11 is 0. The van der Waals surface area contributed by atoms with Crippen LogP contribution in [0.25, 0.3) is 5.65 Å². The predicted molar refractivity (Wildman–Crippen MR) is 104 cm³/mol. The minimum absolute atomic E-state index is 0.112. The maximum Gasteiger partial charge on any atom is 0.433 e. The summed E-state index contributed by atoms with van der Waals surface area (Å²) in [6.45, 7) is 1.24. The highest BCUT2D eigenvalue weighted by Crippen LogP contribution is 2.40. The fraction of sp³-hybridized carbons (Fsp3) is 0.579. The Morgan fingerprint density at radius 2 is 1.79 bits per heavy atom. The molecule has 1 saturated carbocycles. The van der Waals surface area contributed by atoms with Crippen LogP contribution in [0.2, 0.25) is 0 Å². The molecule has 0 amide bonds. The van der Waals surface area contributed by atoms with Crippen molar-refractivity contribution in [2.45, 2.75) is 38.2 Å². The first kappa shape index (κ1) is 22.5. The number of alkyl halides is 6. The Morgan fingerprint density at radius 3 is 2.38 bits per heavy atom. The van der Waals surface area contributed by atoms with Crippen molar-refractivity contribution in [2.75, 3.05) is 29.9 Å². The molecule has 9 nitrogen and oxygen atoms in total. The number of hydrogen-bond acceptors (Lipinski definition) is 8. The van der Waals surface area contributed by atoms with Crippen LogP contribution in [0.1, 0.15) is 24.4 Å². The van der Waals surface area contributed by atoms with Crippen LogP contribution in [-0.2, 0) is 6.18 Å². The van der Waals surface area contributed by atoms with Crippen molar-refractivity contribution >= 4 is 17.6 Å². The maximum absolute atomic E-state index is 13.5. The number of pyridine rings is 1. The van der Waals surface area contributed by atoms with E-state index >= 15 is 0 Å². The van der Waals surface area contributed by atoms with Gasteiger partial charge in [0.05, 0.1) is 0 Å². The standard InChI is InChI=1S/C19H19F6N7O2/c1-9-26-17(34-30-9)31-6-10-2-3-11(7-31)14(10)27-16-28-15-12(33-8-18(20,21)22)4-5-13(19(23,24)25)32(15)29-16/h4-5,10-11,14H,2-3,6-8H2,1H3,(H,27,29)/t10-,11+,14-. The number of halogens is 6. The van der Waals surface area contributed by atoms with E-state index in [1.165, 1.54) is 0 Å². The molecule has 3 aromatic rings. The van der Waals surface area contributed by atoms with Gasteiger partial charge in [-0.25, -0.2) is 4.52 Å². The van der Waals surface area contributed by atoms with Gasteiger partial charge in [0.2, 0.25) is 5.95 Å². The van der Waals surface area contributed by atoms with Gasteiger partial charge < -0.3 is 19.5 Å². The molecule has 0 aromatic carbocycles. The number of ether oxygens (including phenoxy) is 1. The highest BCUT2D eigenvalue weighted by molar-refractivity contribution is 5.57. The van der Waals surface area contributed by atoms with Gasteiger partial charge in [-0.15, -0.1) is 5.10 Å². The molecular weight excluding hydrogens is 472 g/mol. The van der Waals surface area contributed by atoms with Crippen LogP contribution < -0.4 is 15.0 Å². The number of aryl methyl sites for hydroxylation is 1. The fourth-order valence-corrected chi connectivity index (χ4v) is 4.67. The van der Waals surface area contributed by atoms with Crippen LogP contribution in [-0.4, -0.2) is 56.7 Å². The van der Waals surface area contributed by atoms with E-state index < -0.39 is 36.1 Å². The van der Waals surface area contributed by atoms with Crippen LogP contribution in [0, 0.1) is 18.8 Å². The molecule has 34 heavy (non-hydrogen) atoms. The Hall–Kier alpha value is -3.26. The molecule has 15 heteroatoms. The monoisotopic (exact) mass is 491 g/mol. The number of nitrogens with one attached hydrogen (secondary N) is 1. The van der Waals surface area contributed by atoms with Gasteiger partial charge in [-0.3, -0.25) is 0 Å². The maximum atomic E-state index is 13.5. The van der Waals surface area contributed by atoms with Gasteiger partial charge in [-0.2, -0.15) is 36.3 Å². The molecule has 4 heterocycles. The average Bonchev–Trinajstić information content (AvgIpc) is 3.41. The minimum Gasteiger partial charge on any atom is -0.480 e. The number of rotatable bonds is 5. The third-order valence-electron chi connectivity index (χ3n) is 6.05. The molecule has 1 saturated heterocycles. The molecule has 184 valence electrons. The second-order valence-electron chi connectivity index (χ2n) is 8.45. The van der Waals surface area contributed by atoms with Crippen LogP contribution in [0.5, 0.6) is 5.75 Å². The first-order valence-corrected chi connectivity index (χ1v) is 10.5. The van der Waals surface area contributed by atoms with Crippen LogP contribution in [0.4, 0.5) is 38.3 Å². The zero-order valence-corrected chi connectivity index (χ0v) is 17.7. The zero-order chi connectivity index (χ0) is 24.3. The smallest absolute Gasteiger partial charge is 0.433 e. The molecule has 2 aliphatic rings. The fourth-order valence-electron chi connectivity index (χ4n) is 4.67. The van der Waals surface area contributed by atoms with Crippen LogP contribution in [0.3, 0.4) is 0 Å². The molecule has 2 fully saturated rings. The van der Waals surface area contributed by atoms with E-state index in [2.05, 4.69) is 25.5 Å². The minimum atomic E-state index is -4.79. The van der Waals surface area contributed by atoms with Crippen LogP contribution >= 0.6 is 0 Å². The van der Waals surface area contributed by atoms with Crippen molar-refractivity contribution in [2.24, 2.45) is 11.8 Å². The van der Waals surface area contributed by atoms with E-state index in [1.54, 1.807) is 6.92 Å². The number of hydrogen-bond donors (Lipinski definition) is 1. The Morgan fingerprint density at radius 1 is 1.09 bits per heavy atom. The normalized spacial score (nSPS) is 23.0. The summed E-state index contributed by atoms with van der Waals surface area (Å²) in [4.78, 5) is 10.3. The molecule has 3 atom stereocenters. The van der Waals surface area contributed by atoms with E-state index in [1.807, 2.05) is 4.90 Å². The zero-order valence-electron chi connectivity index (χ0n) is 17.7. The molecule has 0 radical (unpaired) electrons. The van der Waals surface area contributed by atoms with E-state index in [-0.39, 0.29) is 23.8 Å². The van der Waals surface area contributed by atoms with Gasteiger partial charge in [0.1, 0.15) is 5.69 Å².